The molecule has 0 aromatic heterocycles. The Morgan fingerprint density at radius 1 is 1.47 bits per heavy atom. The highest BCUT2D eigenvalue weighted by molar-refractivity contribution is 9.10. The van der Waals surface area contributed by atoms with E-state index >= 15 is 0 Å². The molecule has 1 fully saturated rings. The minimum absolute atomic E-state index is 0.309. The summed E-state index contributed by atoms with van der Waals surface area (Å²) in [7, 11) is 0. The van der Waals surface area contributed by atoms with Crippen LogP contribution >= 0.6 is 15.9 Å². The van der Waals surface area contributed by atoms with Crippen molar-refractivity contribution in [1.82, 2.24) is 10.2 Å². The number of hydrogen-bond acceptors (Lipinski definition) is 3. The smallest absolute Gasteiger partial charge is 0.0826 e. The highest BCUT2D eigenvalue weighted by Crippen LogP contribution is 2.12. The summed E-state index contributed by atoms with van der Waals surface area (Å²) in [5, 5.41) is 3.49. The topological polar surface area (TPSA) is 24.5 Å². The molecule has 1 heterocycles. The summed E-state index contributed by atoms with van der Waals surface area (Å²) in [6.07, 6.45) is 0.309. The molecule has 1 aliphatic rings. The predicted molar refractivity (Wildman–Crippen MR) is 82.3 cm³/mol. The van der Waals surface area contributed by atoms with Crippen LogP contribution in [0.4, 0.5) is 0 Å². The van der Waals surface area contributed by atoms with Gasteiger partial charge in [-0.15, -0.1) is 0 Å². The molecule has 1 unspecified atom stereocenters. The van der Waals surface area contributed by atoms with Crippen LogP contribution in [0.15, 0.2) is 28.7 Å². The van der Waals surface area contributed by atoms with Gasteiger partial charge in [0.2, 0.25) is 0 Å². The first-order valence-corrected chi connectivity index (χ1v) is 7.75. The van der Waals surface area contributed by atoms with Crippen LogP contribution in [0.25, 0.3) is 0 Å². The maximum Gasteiger partial charge on any atom is 0.0826 e. The third-order valence-electron chi connectivity index (χ3n) is 3.49. The molecule has 1 aliphatic heterocycles. The molecule has 3 nitrogen and oxygen atoms in total. The van der Waals surface area contributed by atoms with Gasteiger partial charge in [0, 0.05) is 36.7 Å². The van der Waals surface area contributed by atoms with E-state index in [0.29, 0.717) is 12.1 Å². The Balaban J connectivity index is 1.73. The molecule has 0 saturated carbocycles. The van der Waals surface area contributed by atoms with Gasteiger partial charge in [-0.25, -0.2) is 0 Å². The summed E-state index contributed by atoms with van der Waals surface area (Å²) in [4.78, 5) is 2.48. The maximum atomic E-state index is 5.81. The quantitative estimate of drug-likeness (QED) is 0.900. The van der Waals surface area contributed by atoms with E-state index in [4.69, 9.17) is 4.74 Å². The minimum atomic E-state index is 0.309. The van der Waals surface area contributed by atoms with E-state index < -0.39 is 0 Å². The molecule has 106 valence electrons. The van der Waals surface area contributed by atoms with E-state index in [1.54, 1.807) is 0 Å². The van der Waals surface area contributed by atoms with E-state index in [1.165, 1.54) is 5.56 Å². The van der Waals surface area contributed by atoms with Crippen LogP contribution in [-0.2, 0) is 11.3 Å². The van der Waals surface area contributed by atoms with Crippen LogP contribution in [-0.4, -0.2) is 43.3 Å². The molecule has 0 radical (unpaired) electrons. The number of hydrogen-bond donors (Lipinski definition) is 1. The average Bonchev–Trinajstić information content (AvgIpc) is 2.39. The highest BCUT2D eigenvalue weighted by atomic mass is 79.9. The minimum Gasteiger partial charge on any atom is -0.374 e. The van der Waals surface area contributed by atoms with Crippen molar-refractivity contribution in [3.05, 3.63) is 34.3 Å². The fraction of sp³-hybridized carbons (Fsp3) is 0.600. The summed E-state index contributed by atoms with van der Waals surface area (Å²) >= 11 is 3.50. The second kappa shape index (κ2) is 7.39. The summed E-state index contributed by atoms with van der Waals surface area (Å²) in [6, 6.07) is 9.01. The molecule has 0 amide bonds. The zero-order chi connectivity index (χ0) is 13.7. The van der Waals surface area contributed by atoms with Gasteiger partial charge in [-0.1, -0.05) is 28.1 Å². The lowest BCUT2D eigenvalue weighted by molar-refractivity contribution is -0.0372. The van der Waals surface area contributed by atoms with Crippen molar-refractivity contribution in [2.75, 3.05) is 26.2 Å². The molecule has 1 aromatic carbocycles. The second-order valence-electron chi connectivity index (χ2n) is 5.34. The Morgan fingerprint density at radius 3 is 3.05 bits per heavy atom. The molecule has 1 saturated heterocycles. The third-order valence-corrected chi connectivity index (χ3v) is 3.98. The van der Waals surface area contributed by atoms with Crippen molar-refractivity contribution >= 4 is 15.9 Å². The van der Waals surface area contributed by atoms with E-state index in [2.05, 4.69) is 58.2 Å². The summed E-state index contributed by atoms with van der Waals surface area (Å²) < 4.78 is 6.94. The SMILES string of the molecule is CC(C)N1CCOC(CNCc2cccc(Br)c2)C1. The fourth-order valence-electron chi connectivity index (χ4n) is 2.36. The molecule has 2 rings (SSSR count). The van der Waals surface area contributed by atoms with E-state index in [0.717, 1.165) is 37.3 Å². The normalized spacial score (nSPS) is 20.9. The number of nitrogens with one attached hydrogen (secondary N) is 1. The van der Waals surface area contributed by atoms with Crippen molar-refractivity contribution in [1.29, 1.82) is 0 Å². The Hall–Kier alpha value is -0.420. The Labute approximate surface area is 124 Å². The number of benzene rings is 1. The van der Waals surface area contributed by atoms with Crippen molar-refractivity contribution in [3.63, 3.8) is 0 Å². The molecule has 0 bridgehead atoms. The molecule has 1 aromatic rings. The number of rotatable bonds is 5. The lowest BCUT2D eigenvalue weighted by Gasteiger charge is -2.35. The second-order valence-corrected chi connectivity index (χ2v) is 6.26. The lowest BCUT2D eigenvalue weighted by atomic mass is 10.2. The van der Waals surface area contributed by atoms with Crippen LogP contribution in [0, 0.1) is 0 Å². The molecule has 0 aliphatic carbocycles. The maximum absolute atomic E-state index is 5.81. The predicted octanol–water partition coefficient (Wildman–Crippen LogP) is 2.65. The summed E-state index contributed by atoms with van der Waals surface area (Å²) in [6.45, 7) is 9.23. The van der Waals surface area contributed by atoms with Gasteiger partial charge < -0.3 is 10.1 Å². The van der Waals surface area contributed by atoms with Crippen LogP contribution in [0.3, 0.4) is 0 Å². The average molecular weight is 327 g/mol. The monoisotopic (exact) mass is 326 g/mol. The van der Waals surface area contributed by atoms with Crippen molar-refractivity contribution in [2.24, 2.45) is 0 Å². The van der Waals surface area contributed by atoms with Crippen LogP contribution in [0.2, 0.25) is 0 Å². The van der Waals surface area contributed by atoms with Crippen molar-refractivity contribution in [2.45, 2.75) is 32.5 Å². The van der Waals surface area contributed by atoms with Gasteiger partial charge in [0.15, 0.2) is 0 Å². The van der Waals surface area contributed by atoms with Gasteiger partial charge in [0.1, 0.15) is 0 Å². The van der Waals surface area contributed by atoms with E-state index in [-0.39, 0.29) is 0 Å². The first-order chi connectivity index (χ1) is 9.15. The van der Waals surface area contributed by atoms with Gasteiger partial charge in [-0.3, -0.25) is 4.90 Å². The molecule has 1 atom stereocenters. The Kier molecular flexibility index (Phi) is 5.82. The molecular weight excluding hydrogens is 304 g/mol. The van der Waals surface area contributed by atoms with Crippen LogP contribution in [0.5, 0.6) is 0 Å². The van der Waals surface area contributed by atoms with Crippen molar-refractivity contribution in [3.8, 4) is 0 Å². The third kappa shape index (κ3) is 4.88. The first kappa shape index (κ1) is 15.0. The van der Waals surface area contributed by atoms with E-state index in [1.807, 2.05) is 6.07 Å². The molecule has 1 N–H and O–H groups in total. The van der Waals surface area contributed by atoms with Gasteiger partial charge >= 0.3 is 0 Å². The Morgan fingerprint density at radius 2 is 2.32 bits per heavy atom. The van der Waals surface area contributed by atoms with E-state index in [9.17, 15) is 0 Å². The van der Waals surface area contributed by atoms with Crippen molar-refractivity contribution < 1.29 is 4.74 Å². The molecular formula is C15H23BrN2O. The first-order valence-electron chi connectivity index (χ1n) is 6.96. The Bertz CT molecular complexity index is 397. The summed E-state index contributed by atoms with van der Waals surface area (Å²) in [5.74, 6) is 0. The molecule has 0 spiro atoms. The largest absolute Gasteiger partial charge is 0.374 e. The van der Waals surface area contributed by atoms with Gasteiger partial charge in [-0.2, -0.15) is 0 Å². The number of nitrogens with zero attached hydrogens (tertiary/aromatic N) is 1. The zero-order valence-corrected chi connectivity index (χ0v) is 13.3. The van der Waals surface area contributed by atoms with Gasteiger partial charge in [0.25, 0.3) is 0 Å². The fourth-order valence-corrected chi connectivity index (χ4v) is 2.81. The number of morpholine rings is 1. The lowest BCUT2D eigenvalue weighted by Crippen LogP contribution is -2.48. The standard InChI is InChI=1S/C15H23BrN2O/c1-12(2)18-6-7-19-15(11-18)10-17-9-13-4-3-5-14(16)8-13/h3-5,8,12,15,17H,6-7,9-11H2,1-2H3. The van der Waals surface area contributed by atoms with Gasteiger partial charge in [-0.05, 0) is 31.5 Å². The van der Waals surface area contributed by atoms with Gasteiger partial charge in [0.05, 0.1) is 12.7 Å². The number of halogens is 1. The van der Waals surface area contributed by atoms with Crippen LogP contribution in [0.1, 0.15) is 19.4 Å². The molecule has 19 heavy (non-hydrogen) atoms. The van der Waals surface area contributed by atoms with Crippen LogP contribution < -0.4 is 5.32 Å². The number of ether oxygens (including phenoxy) is 1. The zero-order valence-electron chi connectivity index (χ0n) is 11.7. The highest BCUT2D eigenvalue weighted by Gasteiger charge is 2.21. The summed E-state index contributed by atoms with van der Waals surface area (Å²) in [5.41, 5.74) is 1.30. The molecule has 4 heteroatoms.